The van der Waals surface area contributed by atoms with Gasteiger partial charge in [-0.05, 0) is 5.92 Å². The summed E-state index contributed by atoms with van der Waals surface area (Å²) in [5.41, 5.74) is 5.82. The van der Waals surface area contributed by atoms with Crippen LogP contribution in [0, 0.1) is 17.2 Å². The Labute approximate surface area is 112 Å². The Kier molecular flexibility index (Phi) is 4.24. The molecular weight excluding hydrogens is 270 g/mol. The summed E-state index contributed by atoms with van der Waals surface area (Å²) in [4.78, 5) is 2.16. The average Bonchev–Trinajstić information content (AvgIpc) is 2.53. The van der Waals surface area contributed by atoms with Crippen molar-refractivity contribution in [3.05, 3.63) is 4.88 Å². The monoisotopic (exact) mass is 287 g/mol. The molecule has 0 bridgehead atoms. The first-order valence-electron chi connectivity index (χ1n) is 5.42. The molecule has 1 heterocycles. The minimum atomic E-state index is -3.44. The fraction of sp³-hybridized carbons (Fsp3) is 0.545. The van der Waals surface area contributed by atoms with Crippen LogP contribution in [0.25, 0.3) is 0 Å². The second kappa shape index (κ2) is 5.16. The Bertz CT molecular complexity index is 582. The van der Waals surface area contributed by atoms with Crippen molar-refractivity contribution in [2.75, 3.05) is 30.5 Å². The van der Waals surface area contributed by atoms with E-state index in [9.17, 15) is 8.42 Å². The summed E-state index contributed by atoms with van der Waals surface area (Å²) in [6, 6.07) is 1.94. The van der Waals surface area contributed by atoms with Gasteiger partial charge in [-0.3, -0.25) is 0 Å². The fourth-order valence-corrected chi connectivity index (χ4v) is 4.24. The van der Waals surface area contributed by atoms with Crippen LogP contribution in [0.4, 0.5) is 10.7 Å². The molecule has 0 fully saturated rings. The summed E-state index contributed by atoms with van der Waals surface area (Å²) in [6.07, 6.45) is 1.11. The summed E-state index contributed by atoms with van der Waals surface area (Å²) in [5.74, 6) is 0.385. The van der Waals surface area contributed by atoms with Crippen molar-refractivity contribution in [2.45, 2.75) is 18.7 Å². The van der Waals surface area contributed by atoms with Gasteiger partial charge in [0.2, 0.25) is 0 Å². The molecule has 0 aliphatic carbocycles. The number of nitrogens with zero attached hydrogens (tertiary/aromatic N) is 2. The Morgan fingerprint density at radius 3 is 2.44 bits per heavy atom. The molecule has 0 saturated heterocycles. The Balaban J connectivity index is 3.41. The minimum Gasteiger partial charge on any atom is -0.396 e. The van der Waals surface area contributed by atoms with Crippen LogP contribution in [-0.2, 0) is 9.84 Å². The summed E-state index contributed by atoms with van der Waals surface area (Å²) < 4.78 is 23.6. The maximum atomic E-state index is 11.8. The molecule has 0 aliphatic rings. The van der Waals surface area contributed by atoms with Gasteiger partial charge >= 0.3 is 0 Å². The number of thiophene rings is 1. The molecular formula is C11H17N3O2S2. The normalized spacial score (nSPS) is 11.6. The number of hydrogen-bond donors (Lipinski definition) is 1. The average molecular weight is 287 g/mol. The van der Waals surface area contributed by atoms with E-state index in [0.717, 1.165) is 17.6 Å². The number of hydrogen-bond acceptors (Lipinski definition) is 6. The Morgan fingerprint density at radius 2 is 2.06 bits per heavy atom. The van der Waals surface area contributed by atoms with E-state index in [4.69, 9.17) is 11.0 Å². The molecule has 0 saturated carbocycles. The molecule has 0 unspecified atom stereocenters. The van der Waals surface area contributed by atoms with Crippen LogP contribution >= 0.6 is 11.3 Å². The van der Waals surface area contributed by atoms with Gasteiger partial charge in [-0.15, -0.1) is 11.3 Å². The lowest BCUT2D eigenvalue weighted by molar-refractivity contribution is 0.600. The highest BCUT2D eigenvalue weighted by Gasteiger charge is 2.26. The van der Waals surface area contributed by atoms with E-state index >= 15 is 0 Å². The van der Waals surface area contributed by atoms with Crippen molar-refractivity contribution in [1.82, 2.24) is 0 Å². The third kappa shape index (κ3) is 2.94. The molecule has 1 rings (SSSR count). The van der Waals surface area contributed by atoms with E-state index in [1.54, 1.807) is 7.05 Å². The quantitative estimate of drug-likeness (QED) is 0.910. The molecule has 2 N–H and O–H groups in total. The van der Waals surface area contributed by atoms with Gasteiger partial charge in [0.15, 0.2) is 9.84 Å². The van der Waals surface area contributed by atoms with Gasteiger partial charge in [0.05, 0.1) is 5.69 Å². The molecule has 0 atom stereocenters. The molecule has 1 aromatic heterocycles. The van der Waals surface area contributed by atoms with Gasteiger partial charge in [0.1, 0.15) is 20.8 Å². The maximum Gasteiger partial charge on any atom is 0.180 e. The summed E-state index contributed by atoms with van der Waals surface area (Å²) >= 11 is 1.12. The SMILES string of the molecule is CC(C)CN(C)c1sc(C#N)c(N)c1S(C)(=O)=O. The van der Waals surface area contributed by atoms with Crippen molar-refractivity contribution in [2.24, 2.45) is 5.92 Å². The fourth-order valence-electron chi connectivity index (χ4n) is 1.74. The first-order chi connectivity index (χ1) is 8.18. The number of nitriles is 1. The molecule has 0 radical (unpaired) electrons. The van der Waals surface area contributed by atoms with E-state index in [0.29, 0.717) is 17.5 Å². The van der Waals surface area contributed by atoms with Crippen LogP contribution < -0.4 is 10.6 Å². The highest BCUT2D eigenvalue weighted by atomic mass is 32.2. The van der Waals surface area contributed by atoms with Gasteiger partial charge in [0, 0.05) is 19.8 Å². The lowest BCUT2D eigenvalue weighted by Gasteiger charge is -2.20. The number of nitrogens with two attached hydrogens (primary N) is 1. The molecule has 5 nitrogen and oxygen atoms in total. The topological polar surface area (TPSA) is 87.2 Å². The zero-order valence-electron chi connectivity index (χ0n) is 10.9. The second-order valence-corrected chi connectivity index (χ2v) is 7.59. The smallest absolute Gasteiger partial charge is 0.180 e. The highest BCUT2D eigenvalue weighted by Crippen LogP contribution is 2.40. The first-order valence-corrected chi connectivity index (χ1v) is 8.12. The van der Waals surface area contributed by atoms with Gasteiger partial charge < -0.3 is 10.6 Å². The van der Waals surface area contributed by atoms with Gasteiger partial charge in [0.25, 0.3) is 0 Å². The van der Waals surface area contributed by atoms with E-state index < -0.39 is 9.84 Å². The van der Waals surface area contributed by atoms with Crippen LogP contribution in [0.15, 0.2) is 4.90 Å². The highest BCUT2D eigenvalue weighted by molar-refractivity contribution is 7.91. The maximum absolute atomic E-state index is 11.8. The third-order valence-electron chi connectivity index (χ3n) is 2.34. The molecule has 1 aromatic rings. The zero-order valence-corrected chi connectivity index (χ0v) is 12.5. The van der Waals surface area contributed by atoms with Crippen molar-refractivity contribution in [1.29, 1.82) is 5.26 Å². The standard InChI is InChI=1S/C11H17N3O2S2/c1-7(2)6-14(3)11-10(18(4,15)16)9(13)8(5-12)17-11/h7H,6,13H2,1-4H3. The van der Waals surface area contributed by atoms with Crippen molar-refractivity contribution < 1.29 is 8.42 Å². The van der Waals surface area contributed by atoms with E-state index in [1.165, 1.54) is 0 Å². The lowest BCUT2D eigenvalue weighted by Crippen LogP contribution is -2.23. The Hall–Kier alpha value is -1.26. The lowest BCUT2D eigenvalue weighted by atomic mass is 10.2. The van der Waals surface area contributed by atoms with E-state index in [2.05, 4.69) is 0 Å². The van der Waals surface area contributed by atoms with Crippen LogP contribution in [0.5, 0.6) is 0 Å². The number of anilines is 2. The van der Waals surface area contributed by atoms with Crippen LogP contribution in [0.3, 0.4) is 0 Å². The second-order valence-electron chi connectivity index (χ2n) is 4.64. The molecule has 0 aliphatic heterocycles. The first kappa shape index (κ1) is 14.8. The van der Waals surface area contributed by atoms with Crippen molar-refractivity contribution >= 4 is 31.9 Å². The van der Waals surface area contributed by atoms with Crippen LogP contribution in [-0.4, -0.2) is 28.3 Å². The van der Waals surface area contributed by atoms with Gasteiger partial charge in [-0.1, -0.05) is 13.8 Å². The van der Waals surface area contributed by atoms with Gasteiger partial charge in [-0.25, -0.2) is 8.42 Å². The van der Waals surface area contributed by atoms with Crippen LogP contribution in [0.2, 0.25) is 0 Å². The molecule has 18 heavy (non-hydrogen) atoms. The number of sulfone groups is 1. The molecule has 0 spiro atoms. The third-order valence-corrected chi connectivity index (χ3v) is 4.85. The molecule has 0 amide bonds. The summed E-state index contributed by atoms with van der Waals surface area (Å²) in [6.45, 7) is 4.78. The zero-order chi connectivity index (χ0) is 14.1. The summed E-state index contributed by atoms with van der Waals surface area (Å²) in [7, 11) is -1.63. The number of nitrogen functional groups attached to an aromatic ring is 1. The van der Waals surface area contributed by atoms with E-state index in [-0.39, 0.29) is 15.5 Å². The summed E-state index contributed by atoms with van der Waals surface area (Å²) in [5, 5.41) is 9.49. The molecule has 100 valence electrons. The largest absolute Gasteiger partial charge is 0.396 e. The van der Waals surface area contributed by atoms with Gasteiger partial charge in [-0.2, -0.15) is 5.26 Å². The predicted molar refractivity (Wildman–Crippen MR) is 74.7 cm³/mol. The van der Waals surface area contributed by atoms with Crippen molar-refractivity contribution in [3.8, 4) is 6.07 Å². The minimum absolute atomic E-state index is 0.0654. The van der Waals surface area contributed by atoms with Crippen molar-refractivity contribution in [3.63, 3.8) is 0 Å². The predicted octanol–water partition coefficient (Wildman–Crippen LogP) is 1.70. The molecule has 7 heteroatoms. The van der Waals surface area contributed by atoms with E-state index in [1.807, 2.05) is 24.8 Å². The Morgan fingerprint density at radius 1 is 1.50 bits per heavy atom. The molecule has 0 aromatic carbocycles. The number of rotatable bonds is 4. The van der Waals surface area contributed by atoms with Crippen LogP contribution in [0.1, 0.15) is 18.7 Å².